The monoisotopic (exact) mass is 366 g/mol. The Morgan fingerprint density at radius 2 is 1.63 bits per heavy atom. The third-order valence-electron chi connectivity index (χ3n) is 4.84. The zero-order chi connectivity index (χ0) is 20.0. The lowest BCUT2D eigenvalue weighted by Gasteiger charge is -2.29. The minimum Gasteiger partial charge on any atom is -0.355 e. The first-order chi connectivity index (χ1) is 12.8. The van der Waals surface area contributed by atoms with Crippen molar-refractivity contribution in [1.29, 1.82) is 0 Å². The fourth-order valence-electron chi connectivity index (χ4n) is 3.05. The number of hydrogen-bond donors (Lipinski definition) is 1. The molecule has 1 atom stereocenters. The van der Waals surface area contributed by atoms with Gasteiger partial charge < -0.3 is 10.2 Å². The Labute approximate surface area is 162 Å². The molecule has 4 heteroatoms. The highest BCUT2D eigenvalue weighted by Crippen LogP contribution is 2.16. The molecule has 2 amide bonds. The van der Waals surface area contributed by atoms with Crippen molar-refractivity contribution in [3.63, 3.8) is 0 Å². The first kappa shape index (κ1) is 20.7. The fraction of sp³-hybridized carbons (Fsp3) is 0.391. The molecular formula is C23H30N2O2. The SMILES string of the molecule is CCNC(=O)[C@H](C)N(Cc1ccc(C)cc1)C(=O)Cc1cc(C)ccc1C. The van der Waals surface area contributed by atoms with E-state index in [1.807, 2.05) is 70.2 Å². The van der Waals surface area contributed by atoms with E-state index in [4.69, 9.17) is 0 Å². The van der Waals surface area contributed by atoms with E-state index in [1.165, 1.54) is 5.56 Å². The van der Waals surface area contributed by atoms with E-state index >= 15 is 0 Å². The van der Waals surface area contributed by atoms with Crippen molar-refractivity contribution in [2.45, 2.75) is 53.6 Å². The summed E-state index contributed by atoms with van der Waals surface area (Å²) >= 11 is 0. The molecular weight excluding hydrogens is 336 g/mol. The van der Waals surface area contributed by atoms with Crippen molar-refractivity contribution in [1.82, 2.24) is 10.2 Å². The van der Waals surface area contributed by atoms with Gasteiger partial charge in [-0.2, -0.15) is 0 Å². The Kier molecular flexibility index (Phi) is 7.17. The molecule has 144 valence electrons. The molecule has 0 radical (unpaired) electrons. The molecule has 2 aromatic carbocycles. The number of likely N-dealkylation sites (N-methyl/N-ethyl adjacent to an activating group) is 1. The van der Waals surface area contributed by atoms with E-state index < -0.39 is 6.04 Å². The molecule has 0 spiro atoms. The Hall–Kier alpha value is -2.62. The molecule has 0 aliphatic rings. The lowest BCUT2D eigenvalue weighted by molar-refractivity contribution is -0.140. The van der Waals surface area contributed by atoms with Gasteiger partial charge in [0.05, 0.1) is 6.42 Å². The van der Waals surface area contributed by atoms with Crippen molar-refractivity contribution in [2.24, 2.45) is 0 Å². The highest BCUT2D eigenvalue weighted by molar-refractivity contribution is 5.88. The van der Waals surface area contributed by atoms with Gasteiger partial charge in [-0.15, -0.1) is 0 Å². The second kappa shape index (κ2) is 9.36. The Morgan fingerprint density at radius 1 is 1.00 bits per heavy atom. The molecule has 0 aromatic heterocycles. The average molecular weight is 367 g/mol. The van der Waals surface area contributed by atoms with Gasteiger partial charge in [-0.3, -0.25) is 9.59 Å². The molecule has 0 bridgehead atoms. The number of benzene rings is 2. The standard InChI is InChI=1S/C23H30N2O2/c1-6-24-23(27)19(5)25(15-20-11-8-16(2)9-12-20)22(26)14-21-13-17(3)7-10-18(21)4/h7-13,19H,6,14-15H2,1-5H3,(H,24,27)/t19-/m0/s1. The van der Waals surface area contributed by atoms with Gasteiger partial charge in [-0.1, -0.05) is 53.6 Å². The van der Waals surface area contributed by atoms with Crippen LogP contribution in [0.4, 0.5) is 0 Å². The van der Waals surface area contributed by atoms with Gasteiger partial charge in [-0.05, 0) is 51.3 Å². The molecule has 1 N–H and O–H groups in total. The number of hydrogen-bond acceptors (Lipinski definition) is 2. The normalized spacial score (nSPS) is 11.7. The molecule has 0 heterocycles. The van der Waals surface area contributed by atoms with Crippen molar-refractivity contribution in [3.05, 3.63) is 70.3 Å². The minimum atomic E-state index is -0.524. The predicted molar refractivity (Wildman–Crippen MR) is 109 cm³/mol. The highest BCUT2D eigenvalue weighted by atomic mass is 16.2. The molecule has 4 nitrogen and oxygen atoms in total. The number of nitrogens with one attached hydrogen (secondary N) is 1. The van der Waals surface area contributed by atoms with Crippen LogP contribution < -0.4 is 5.32 Å². The highest BCUT2D eigenvalue weighted by Gasteiger charge is 2.26. The van der Waals surface area contributed by atoms with Crippen molar-refractivity contribution in [2.75, 3.05) is 6.54 Å². The lowest BCUT2D eigenvalue weighted by atomic mass is 10.0. The molecule has 27 heavy (non-hydrogen) atoms. The number of carbonyl (C=O) groups excluding carboxylic acids is 2. The summed E-state index contributed by atoms with van der Waals surface area (Å²) in [7, 11) is 0. The van der Waals surface area contributed by atoms with E-state index in [1.54, 1.807) is 11.8 Å². The van der Waals surface area contributed by atoms with Gasteiger partial charge in [0.25, 0.3) is 0 Å². The molecule has 0 aliphatic heterocycles. The molecule has 0 saturated heterocycles. The number of carbonyl (C=O) groups is 2. The number of amides is 2. The lowest BCUT2D eigenvalue weighted by Crippen LogP contribution is -2.48. The summed E-state index contributed by atoms with van der Waals surface area (Å²) in [5.74, 6) is -0.165. The Balaban J connectivity index is 2.26. The van der Waals surface area contributed by atoms with Crippen LogP contribution in [0.15, 0.2) is 42.5 Å². The zero-order valence-corrected chi connectivity index (χ0v) is 17.0. The maximum absolute atomic E-state index is 13.1. The van der Waals surface area contributed by atoms with Crippen LogP contribution >= 0.6 is 0 Å². The summed E-state index contributed by atoms with van der Waals surface area (Å²) in [6.45, 7) is 10.7. The van der Waals surface area contributed by atoms with Crippen molar-refractivity contribution < 1.29 is 9.59 Å². The van der Waals surface area contributed by atoms with Crippen LogP contribution in [-0.2, 0) is 22.6 Å². The molecule has 2 aromatic rings. The van der Waals surface area contributed by atoms with E-state index in [9.17, 15) is 9.59 Å². The van der Waals surface area contributed by atoms with Gasteiger partial charge in [0.15, 0.2) is 0 Å². The maximum Gasteiger partial charge on any atom is 0.242 e. The van der Waals surface area contributed by atoms with Gasteiger partial charge in [0.2, 0.25) is 11.8 Å². The first-order valence-electron chi connectivity index (χ1n) is 9.50. The summed E-state index contributed by atoms with van der Waals surface area (Å²) in [4.78, 5) is 27.2. The summed E-state index contributed by atoms with van der Waals surface area (Å²) in [5, 5.41) is 2.83. The molecule has 0 aliphatic carbocycles. The van der Waals surface area contributed by atoms with E-state index in [-0.39, 0.29) is 11.8 Å². The average Bonchev–Trinajstić information content (AvgIpc) is 2.63. The van der Waals surface area contributed by atoms with Crippen LogP contribution in [0.1, 0.15) is 41.7 Å². The summed E-state index contributed by atoms with van der Waals surface area (Å²) in [5.41, 5.74) is 5.42. The number of nitrogens with zero attached hydrogens (tertiary/aromatic N) is 1. The molecule has 0 saturated carbocycles. The summed E-state index contributed by atoms with van der Waals surface area (Å²) in [6.07, 6.45) is 0.295. The van der Waals surface area contributed by atoms with Crippen molar-refractivity contribution >= 4 is 11.8 Å². The Morgan fingerprint density at radius 3 is 2.26 bits per heavy atom. The topological polar surface area (TPSA) is 49.4 Å². The number of aryl methyl sites for hydroxylation is 3. The molecule has 0 unspecified atom stereocenters. The fourth-order valence-corrected chi connectivity index (χ4v) is 3.05. The quantitative estimate of drug-likeness (QED) is 0.812. The van der Waals surface area contributed by atoms with Crippen molar-refractivity contribution in [3.8, 4) is 0 Å². The summed E-state index contributed by atoms with van der Waals surface area (Å²) < 4.78 is 0. The van der Waals surface area contributed by atoms with Crippen LogP contribution in [0.2, 0.25) is 0 Å². The zero-order valence-electron chi connectivity index (χ0n) is 17.0. The van der Waals surface area contributed by atoms with Crippen LogP contribution in [0.3, 0.4) is 0 Å². The van der Waals surface area contributed by atoms with Crippen LogP contribution in [0.5, 0.6) is 0 Å². The third kappa shape index (κ3) is 5.68. The second-order valence-corrected chi connectivity index (χ2v) is 7.18. The third-order valence-corrected chi connectivity index (χ3v) is 4.84. The summed E-state index contributed by atoms with van der Waals surface area (Å²) in [6, 6.07) is 13.7. The van der Waals surface area contributed by atoms with Gasteiger partial charge >= 0.3 is 0 Å². The molecule has 0 fully saturated rings. The minimum absolute atomic E-state index is 0.0389. The number of rotatable bonds is 7. The van der Waals surface area contributed by atoms with Crippen LogP contribution in [-0.4, -0.2) is 29.3 Å². The van der Waals surface area contributed by atoms with Gasteiger partial charge in [0.1, 0.15) is 6.04 Å². The maximum atomic E-state index is 13.1. The smallest absolute Gasteiger partial charge is 0.242 e. The van der Waals surface area contributed by atoms with Crippen LogP contribution in [0.25, 0.3) is 0 Å². The van der Waals surface area contributed by atoms with Crippen LogP contribution in [0, 0.1) is 20.8 Å². The van der Waals surface area contributed by atoms with Gasteiger partial charge in [0, 0.05) is 13.1 Å². The van der Waals surface area contributed by atoms with Gasteiger partial charge in [-0.25, -0.2) is 0 Å². The predicted octanol–water partition coefficient (Wildman–Crippen LogP) is 3.71. The largest absolute Gasteiger partial charge is 0.355 e. The molecule has 2 rings (SSSR count). The second-order valence-electron chi connectivity index (χ2n) is 7.18. The first-order valence-corrected chi connectivity index (χ1v) is 9.50. The van der Waals surface area contributed by atoms with E-state index in [0.29, 0.717) is 19.5 Å². The van der Waals surface area contributed by atoms with E-state index in [2.05, 4.69) is 5.32 Å². The van der Waals surface area contributed by atoms with E-state index in [0.717, 1.165) is 22.3 Å². The Bertz CT molecular complexity index is 797.